The molecule has 178 valence electrons. The third-order valence-electron chi connectivity index (χ3n) is 6.97. The highest BCUT2D eigenvalue weighted by Crippen LogP contribution is 2.35. The van der Waals surface area contributed by atoms with Gasteiger partial charge in [0.1, 0.15) is 11.5 Å². The fourth-order valence-electron chi connectivity index (χ4n) is 4.74. The van der Waals surface area contributed by atoms with Gasteiger partial charge in [0, 0.05) is 41.2 Å². The van der Waals surface area contributed by atoms with Crippen LogP contribution in [0, 0.1) is 11.3 Å². The summed E-state index contributed by atoms with van der Waals surface area (Å²) in [6.07, 6.45) is 3.77. The number of rotatable bonds is 4. The Morgan fingerprint density at radius 3 is 2.39 bits per heavy atom. The normalized spacial score (nSPS) is 14.3. The van der Waals surface area contributed by atoms with Crippen LogP contribution in [0.2, 0.25) is 0 Å². The average molecular weight is 475 g/mol. The summed E-state index contributed by atoms with van der Waals surface area (Å²) in [5, 5.41) is 19.3. The first-order chi connectivity index (χ1) is 17.5. The van der Waals surface area contributed by atoms with Gasteiger partial charge in [0.05, 0.1) is 41.9 Å². The van der Waals surface area contributed by atoms with Crippen LogP contribution in [0.15, 0.2) is 67.0 Å². The molecule has 0 saturated carbocycles. The smallest absolute Gasteiger partial charge is 0.128 e. The first-order valence-corrected chi connectivity index (χ1v) is 12.1. The van der Waals surface area contributed by atoms with Gasteiger partial charge in [-0.15, -0.1) is 0 Å². The zero-order valence-corrected chi connectivity index (χ0v) is 20.3. The average Bonchev–Trinajstić information content (AvgIpc) is 3.38. The number of hydrogen-bond acceptors (Lipinski definition) is 6. The van der Waals surface area contributed by atoms with E-state index in [0.717, 1.165) is 81.9 Å². The van der Waals surface area contributed by atoms with Crippen LogP contribution in [0.25, 0.3) is 44.2 Å². The first kappa shape index (κ1) is 22.2. The van der Waals surface area contributed by atoms with Crippen molar-refractivity contribution in [2.75, 3.05) is 31.2 Å². The van der Waals surface area contributed by atoms with E-state index in [1.807, 2.05) is 50.5 Å². The molecule has 0 radical (unpaired) electrons. The molecule has 1 fully saturated rings. The lowest BCUT2D eigenvalue weighted by atomic mass is 9.86. The van der Waals surface area contributed by atoms with E-state index in [-0.39, 0.29) is 0 Å². The summed E-state index contributed by atoms with van der Waals surface area (Å²) in [6, 6.07) is 21.0. The van der Waals surface area contributed by atoms with Crippen molar-refractivity contribution in [1.29, 1.82) is 5.26 Å². The van der Waals surface area contributed by atoms with E-state index in [9.17, 15) is 5.26 Å². The molecule has 0 amide bonds. The topological polar surface area (TPSA) is 90.7 Å². The summed E-state index contributed by atoms with van der Waals surface area (Å²) >= 11 is 0. The number of pyridine rings is 2. The van der Waals surface area contributed by atoms with Crippen molar-refractivity contribution in [3.8, 4) is 28.5 Å². The molecule has 36 heavy (non-hydrogen) atoms. The lowest BCUT2D eigenvalue weighted by Crippen LogP contribution is -2.36. The van der Waals surface area contributed by atoms with E-state index in [1.54, 1.807) is 0 Å². The van der Waals surface area contributed by atoms with Gasteiger partial charge in [-0.2, -0.15) is 10.4 Å². The predicted molar refractivity (Wildman–Crippen MR) is 142 cm³/mol. The Balaban J connectivity index is 1.41. The molecule has 1 aliphatic heterocycles. The minimum Gasteiger partial charge on any atom is -0.378 e. The molecular weight excluding hydrogens is 448 g/mol. The van der Waals surface area contributed by atoms with Crippen molar-refractivity contribution >= 4 is 27.6 Å². The van der Waals surface area contributed by atoms with Gasteiger partial charge in [0.2, 0.25) is 0 Å². The first-order valence-electron chi connectivity index (χ1n) is 12.1. The summed E-state index contributed by atoms with van der Waals surface area (Å²) < 4.78 is 5.46. The number of nitriles is 1. The van der Waals surface area contributed by atoms with Crippen LogP contribution in [0.5, 0.6) is 0 Å². The Kier molecular flexibility index (Phi) is 5.39. The maximum absolute atomic E-state index is 9.48. The van der Waals surface area contributed by atoms with Crippen LogP contribution in [-0.2, 0) is 10.2 Å². The van der Waals surface area contributed by atoms with Gasteiger partial charge < -0.3 is 9.64 Å². The highest BCUT2D eigenvalue weighted by molar-refractivity contribution is 6.11. The number of morpholine rings is 1. The number of aromatic nitrogens is 4. The van der Waals surface area contributed by atoms with E-state index in [0.29, 0.717) is 0 Å². The number of anilines is 1. The van der Waals surface area contributed by atoms with Crippen molar-refractivity contribution in [3.63, 3.8) is 0 Å². The molecule has 1 N–H and O–H groups in total. The summed E-state index contributed by atoms with van der Waals surface area (Å²) in [5.74, 6) is 0.979. The van der Waals surface area contributed by atoms with Gasteiger partial charge in [0.25, 0.3) is 0 Å². The molecule has 5 aromatic rings. The summed E-state index contributed by atoms with van der Waals surface area (Å²) in [5.41, 5.74) is 6.24. The zero-order chi connectivity index (χ0) is 24.7. The number of ether oxygens (including phenoxy) is 1. The maximum atomic E-state index is 9.48. The number of aromatic amines is 1. The number of fused-ring (bicyclic) bond motifs is 3. The van der Waals surface area contributed by atoms with E-state index < -0.39 is 5.41 Å². The third-order valence-corrected chi connectivity index (χ3v) is 6.97. The summed E-state index contributed by atoms with van der Waals surface area (Å²) in [7, 11) is 0. The fraction of sp³-hybridized carbons (Fsp3) is 0.241. The molecule has 1 saturated heterocycles. The zero-order valence-electron chi connectivity index (χ0n) is 20.3. The van der Waals surface area contributed by atoms with E-state index in [1.165, 1.54) is 0 Å². The standard InChI is InChI=1S/C29H26N6O/c1-29(2,18-30)22-7-3-19(4-8-22)28-27-23-15-20(5-9-24(23)31-17-25(27)33-34-28)21-6-10-26(32-16-21)35-11-13-36-14-12-35/h3-10,15-17H,11-14H2,1-2H3,(H,33,34). The quantitative estimate of drug-likeness (QED) is 0.371. The molecule has 6 rings (SSSR count). The monoisotopic (exact) mass is 474 g/mol. The number of H-pyrrole nitrogens is 1. The number of benzene rings is 2. The van der Waals surface area contributed by atoms with E-state index in [2.05, 4.69) is 56.5 Å². The second-order valence-corrected chi connectivity index (χ2v) is 9.67. The number of nitrogens with zero attached hydrogens (tertiary/aromatic N) is 5. The third kappa shape index (κ3) is 3.86. The van der Waals surface area contributed by atoms with Gasteiger partial charge in [-0.1, -0.05) is 30.3 Å². The second-order valence-electron chi connectivity index (χ2n) is 9.67. The Bertz CT molecular complexity index is 1590. The van der Waals surface area contributed by atoms with Crippen molar-refractivity contribution in [2.45, 2.75) is 19.3 Å². The van der Waals surface area contributed by atoms with E-state index in [4.69, 9.17) is 9.72 Å². The predicted octanol–water partition coefficient (Wildman–Crippen LogP) is 5.48. The second kappa shape index (κ2) is 8.74. The van der Waals surface area contributed by atoms with Crippen LogP contribution in [0.3, 0.4) is 0 Å². The van der Waals surface area contributed by atoms with E-state index >= 15 is 0 Å². The van der Waals surface area contributed by atoms with Gasteiger partial charge in [-0.3, -0.25) is 10.1 Å². The van der Waals surface area contributed by atoms with Crippen molar-refractivity contribution in [1.82, 2.24) is 20.2 Å². The lowest BCUT2D eigenvalue weighted by molar-refractivity contribution is 0.122. The van der Waals surface area contributed by atoms with Crippen LogP contribution >= 0.6 is 0 Å². The van der Waals surface area contributed by atoms with Gasteiger partial charge in [-0.05, 0) is 49.2 Å². The van der Waals surface area contributed by atoms with Gasteiger partial charge in [-0.25, -0.2) is 4.98 Å². The molecule has 7 nitrogen and oxygen atoms in total. The van der Waals surface area contributed by atoms with Crippen LogP contribution in [-0.4, -0.2) is 46.5 Å². The molecule has 0 atom stereocenters. The number of hydrogen-bond donors (Lipinski definition) is 1. The molecular formula is C29H26N6O. The summed E-state index contributed by atoms with van der Waals surface area (Å²) in [4.78, 5) is 11.6. The molecule has 0 spiro atoms. The fourth-order valence-corrected chi connectivity index (χ4v) is 4.74. The molecule has 0 bridgehead atoms. The molecule has 3 aromatic heterocycles. The summed E-state index contributed by atoms with van der Waals surface area (Å²) in [6.45, 7) is 7.06. The SMILES string of the molecule is CC(C)(C#N)c1ccc(-c2n[nH]c3cnc4ccc(-c5ccc(N6CCOCC6)nc5)cc4c23)cc1. The van der Waals surface area contributed by atoms with Crippen molar-refractivity contribution in [2.24, 2.45) is 0 Å². The molecule has 7 heteroatoms. The lowest BCUT2D eigenvalue weighted by Gasteiger charge is -2.27. The van der Waals surface area contributed by atoms with Crippen LogP contribution in [0.1, 0.15) is 19.4 Å². The molecule has 2 aromatic carbocycles. The Morgan fingerprint density at radius 1 is 0.917 bits per heavy atom. The number of nitrogens with one attached hydrogen (secondary N) is 1. The Labute approximate surface area is 209 Å². The van der Waals surface area contributed by atoms with Crippen molar-refractivity contribution in [3.05, 3.63) is 72.6 Å². The van der Waals surface area contributed by atoms with Crippen LogP contribution < -0.4 is 4.90 Å². The van der Waals surface area contributed by atoms with Crippen LogP contribution in [0.4, 0.5) is 5.82 Å². The molecule has 4 heterocycles. The highest BCUT2D eigenvalue weighted by Gasteiger charge is 2.20. The van der Waals surface area contributed by atoms with Gasteiger partial charge in [0.15, 0.2) is 0 Å². The Morgan fingerprint density at radius 2 is 1.67 bits per heavy atom. The van der Waals surface area contributed by atoms with Gasteiger partial charge >= 0.3 is 0 Å². The molecule has 0 aliphatic carbocycles. The largest absolute Gasteiger partial charge is 0.378 e. The highest BCUT2D eigenvalue weighted by atomic mass is 16.5. The minimum absolute atomic E-state index is 0.539. The Hall–Kier alpha value is -4.28. The minimum atomic E-state index is -0.539. The molecule has 0 unspecified atom stereocenters. The molecule has 1 aliphatic rings. The van der Waals surface area contributed by atoms with Crippen molar-refractivity contribution < 1.29 is 4.74 Å². The maximum Gasteiger partial charge on any atom is 0.128 e.